The van der Waals surface area contributed by atoms with Crippen LogP contribution in [0.3, 0.4) is 0 Å². The van der Waals surface area contributed by atoms with Crippen molar-refractivity contribution in [2.24, 2.45) is 0 Å². The predicted molar refractivity (Wildman–Crippen MR) is 162 cm³/mol. The van der Waals surface area contributed by atoms with E-state index in [2.05, 4.69) is 57.6 Å². The quantitative estimate of drug-likeness (QED) is 0.137. The second kappa shape index (κ2) is 19.8. The molecule has 0 aliphatic carbocycles. The number of rotatable bonds is 0. The first kappa shape index (κ1) is 43.2. The van der Waals surface area contributed by atoms with Gasteiger partial charge in [0.25, 0.3) is 0 Å². The van der Waals surface area contributed by atoms with Gasteiger partial charge in [-0.05, 0) is 53.1 Å². The molecule has 6 aliphatic rings. The summed E-state index contributed by atoms with van der Waals surface area (Å²) in [5.74, 6) is 0. The van der Waals surface area contributed by atoms with Crippen molar-refractivity contribution in [2.45, 2.75) is 45.4 Å². The third-order valence-electron chi connectivity index (χ3n) is 10.7. The summed E-state index contributed by atoms with van der Waals surface area (Å²) in [5.41, 5.74) is 0. The summed E-state index contributed by atoms with van der Waals surface area (Å²) >= 11 is 0. The van der Waals surface area contributed by atoms with Crippen LogP contribution in [0.2, 0.25) is 0 Å². The van der Waals surface area contributed by atoms with Crippen molar-refractivity contribution in [3.8, 4) is 0 Å². The average molecular weight is 811 g/mol. The fourth-order valence-corrected chi connectivity index (χ4v) is 8.23. The van der Waals surface area contributed by atoms with E-state index in [1.807, 2.05) is 0 Å². The largest absolute Gasteiger partial charge is 1.00 e. The van der Waals surface area contributed by atoms with Gasteiger partial charge in [0.15, 0.2) is 0 Å². The third-order valence-corrected chi connectivity index (χ3v) is 10.7. The molecule has 6 fully saturated rings. The molecule has 0 aromatic carbocycles. The molecule has 6 atom stereocenters. The number of likely N-dealkylation sites (N-methyl/N-ethyl adjacent to an activating group) is 4. The molecular weight excluding hydrogens is 748 g/mol. The first-order valence-electron chi connectivity index (χ1n) is 15.3. The van der Waals surface area contributed by atoms with Gasteiger partial charge in [0.1, 0.15) is 0 Å². The maximum atomic E-state index is 2.83. The summed E-state index contributed by atoms with van der Waals surface area (Å²) in [4.78, 5) is 16.0. The predicted octanol–water partition coefficient (Wildman–Crippen LogP) is -8.39. The number of nitrogens with zero attached hydrogens (tertiary/aromatic N) is 8. The molecule has 0 spiro atoms. The standard InChI is InChI=1S/C14H28N4.C14H30N4.CH4.B.2HI.Na.H/c1-17-9-3-5-15-8-12-18(2)10-4-6-16(7-11-17)14(18)13(15)17;1-15-5-3-7-18-12-10-16(2)6-4-8-17(11-9-15)13-14-18;;;;;;/h13-14H,3-12H2,1-2H3;3-14H2,1-2H3;1H4;;2*1H;;/q+2;;;;;;+1;-1/p-2. The monoisotopic (exact) mass is 811 g/mol. The van der Waals surface area contributed by atoms with Gasteiger partial charge in [-0.25, -0.2) is 9.80 Å². The van der Waals surface area contributed by atoms with Crippen LogP contribution < -0.4 is 77.5 Å². The molecule has 237 valence electrons. The summed E-state index contributed by atoms with van der Waals surface area (Å²) in [6, 6.07) is 0. The van der Waals surface area contributed by atoms with Gasteiger partial charge in [0.05, 0.1) is 53.4 Å². The molecule has 6 rings (SSSR count). The minimum atomic E-state index is 0. The van der Waals surface area contributed by atoms with Crippen LogP contribution in [0.4, 0.5) is 0 Å². The van der Waals surface area contributed by atoms with Crippen molar-refractivity contribution < 1.29 is 87.9 Å². The first-order chi connectivity index (χ1) is 17.4. The molecular formula is C29H63BI2N8Na. The molecule has 0 saturated carbocycles. The van der Waals surface area contributed by atoms with E-state index in [0.717, 1.165) is 12.3 Å². The second-order valence-electron chi connectivity index (χ2n) is 13.5. The second-order valence-corrected chi connectivity index (χ2v) is 13.5. The molecule has 3 radical (unpaired) electrons. The minimum Gasteiger partial charge on any atom is -1.00 e. The van der Waals surface area contributed by atoms with Crippen molar-refractivity contribution in [1.82, 2.24) is 29.4 Å². The zero-order valence-corrected chi connectivity index (χ0v) is 32.9. The zero-order chi connectivity index (χ0) is 25.2. The minimum absolute atomic E-state index is 0. The van der Waals surface area contributed by atoms with Crippen molar-refractivity contribution in [3.63, 3.8) is 0 Å². The topological polar surface area (TPSA) is 19.4 Å². The van der Waals surface area contributed by atoms with Gasteiger partial charge in [-0.2, -0.15) is 0 Å². The molecule has 6 aliphatic heterocycles. The number of quaternary nitrogens is 2. The van der Waals surface area contributed by atoms with E-state index in [4.69, 9.17) is 0 Å². The van der Waals surface area contributed by atoms with Crippen molar-refractivity contribution in [3.05, 3.63) is 0 Å². The SMILES string of the molecule is C.CN1CCCN2CCN(C)CCCN(CC1)CC2.C[N+]12CCCN3CC[N+]4(C)CCCN(CC1)C4C32.[B].[H-].[I-].[I-].[Na+]. The normalized spacial score (nSPS) is 38.3. The molecule has 0 aromatic rings. The molecule has 2 bridgehead atoms. The Balaban J connectivity index is 0. The number of piperazine rings is 2. The van der Waals surface area contributed by atoms with Gasteiger partial charge >= 0.3 is 29.6 Å². The molecule has 8 nitrogen and oxygen atoms in total. The van der Waals surface area contributed by atoms with Crippen LogP contribution in [0.1, 0.15) is 34.5 Å². The number of hydrogen-bond acceptors (Lipinski definition) is 6. The van der Waals surface area contributed by atoms with Gasteiger partial charge < -0.3 is 77.9 Å². The summed E-state index contributed by atoms with van der Waals surface area (Å²) in [5, 5.41) is 0. The Morgan fingerprint density at radius 3 is 1.24 bits per heavy atom. The molecule has 41 heavy (non-hydrogen) atoms. The Hall–Kier alpha value is 2.20. The first-order valence-corrected chi connectivity index (χ1v) is 15.3. The number of hydrogen-bond donors (Lipinski definition) is 0. The van der Waals surface area contributed by atoms with Crippen LogP contribution in [0, 0.1) is 0 Å². The van der Waals surface area contributed by atoms with Gasteiger partial charge in [0.2, 0.25) is 12.3 Å². The third kappa shape index (κ3) is 10.9. The van der Waals surface area contributed by atoms with Crippen LogP contribution in [0.15, 0.2) is 0 Å². The molecule has 6 heterocycles. The van der Waals surface area contributed by atoms with Crippen LogP contribution in [-0.4, -0.2) is 205 Å². The molecule has 0 aromatic heterocycles. The van der Waals surface area contributed by atoms with Crippen molar-refractivity contribution >= 4 is 8.41 Å². The summed E-state index contributed by atoms with van der Waals surface area (Å²) in [6.45, 7) is 23.4. The van der Waals surface area contributed by atoms with Crippen LogP contribution in [-0.2, 0) is 0 Å². The van der Waals surface area contributed by atoms with Gasteiger partial charge in [0, 0.05) is 73.6 Å². The van der Waals surface area contributed by atoms with Gasteiger partial charge in [-0.3, -0.25) is 0 Å². The smallest absolute Gasteiger partial charge is 1.00 e. The van der Waals surface area contributed by atoms with Gasteiger partial charge in [-0.15, -0.1) is 0 Å². The Morgan fingerprint density at radius 1 is 0.488 bits per heavy atom. The van der Waals surface area contributed by atoms with Gasteiger partial charge in [-0.1, -0.05) is 7.43 Å². The van der Waals surface area contributed by atoms with E-state index in [0.29, 0.717) is 0 Å². The summed E-state index contributed by atoms with van der Waals surface area (Å²) < 4.78 is 2.66. The number of fused-ring (bicyclic) bond motifs is 3. The van der Waals surface area contributed by atoms with E-state index >= 15 is 0 Å². The molecule has 0 amide bonds. The van der Waals surface area contributed by atoms with E-state index in [1.54, 1.807) is 0 Å². The maximum absolute atomic E-state index is 2.83. The van der Waals surface area contributed by atoms with Crippen LogP contribution >= 0.6 is 0 Å². The van der Waals surface area contributed by atoms with E-state index in [-0.39, 0.29) is 94.8 Å². The van der Waals surface area contributed by atoms with Crippen LogP contribution in [0.25, 0.3) is 0 Å². The fourth-order valence-electron chi connectivity index (χ4n) is 8.23. The molecule has 0 N–H and O–H groups in total. The molecule has 12 heteroatoms. The Bertz CT molecular complexity index is 681. The van der Waals surface area contributed by atoms with E-state index in [1.165, 1.54) is 152 Å². The van der Waals surface area contributed by atoms with E-state index in [9.17, 15) is 0 Å². The Kier molecular flexibility index (Phi) is 20.8. The Labute approximate surface area is 314 Å². The zero-order valence-electron chi connectivity index (χ0n) is 27.6. The summed E-state index contributed by atoms with van der Waals surface area (Å²) in [7, 11) is 9.59. The van der Waals surface area contributed by atoms with Crippen molar-refractivity contribution in [1.29, 1.82) is 0 Å². The molecule has 6 saturated heterocycles. The Morgan fingerprint density at radius 2 is 0.854 bits per heavy atom. The van der Waals surface area contributed by atoms with Crippen molar-refractivity contribution in [2.75, 3.05) is 146 Å². The summed E-state index contributed by atoms with van der Waals surface area (Å²) in [6.07, 6.45) is 7.02. The average Bonchev–Trinajstić information content (AvgIpc) is 2.87. The van der Waals surface area contributed by atoms with E-state index < -0.39 is 0 Å². The maximum Gasteiger partial charge on any atom is 1.00 e. The van der Waals surface area contributed by atoms with Crippen LogP contribution in [0.5, 0.6) is 0 Å². The molecule has 6 unspecified atom stereocenters. The number of halogens is 2. The fraction of sp³-hybridized carbons (Fsp3) is 1.00.